The maximum Gasteiger partial charge on any atom is 0.320 e. The number of carbonyl (C=O) groups excluding carboxylic acids is 1. The van der Waals surface area contributed by atoms with Gasteiger partial charge in [0.05, 0.1) is 16.6 Å². The Kier molecular flexibility index (Phi) is 5.20. The van der Waals surface area contributed by atoms with Crippen molar-refractivity contribution in [2.45, 2.75) is 13.0 Å². The first-order valence-electron chi connectivity index (χ1n) is 6.90. The van der Waals surface area contributed by atoms with Gasteiger partial charge in [-0.1, -0.05) is 17.7 Å². The first-order chi connectivity index (χ1) is 11.3. The lowest BCUT2D eigenvalue weighted by atomic mass is 10.1. The van der Waals surface area contributed by atoms with Crippen LogP contribution < -0.4 is 22.1 Å². The van der Waals surface area contributed by atoms with Gasteiger partial charge in [-0.2, -0.15) is 0 Å². The number of nitrogens with one attached hydrogen (secondary N) is 3. The Morgan fingerprint density at radius 2 is 2.12 bits per heavy atom. The van der Waals surface area contributed by atoms with E-state index in [1.54, 1.807) is 6.92 Å². The fraction of sp³-hybridized carbons (Fsp3) is 0.133. The monoisotopic (exact) mass is 350 g/mol. The molecule has 1 aromatic carbocycles. The molecule has 2 amide bonds. The Bertz CT molecular complexity index is 798. The number of hydrogen-bond donors (Lipinski definition) is 5. The summed E-state index contributed by atoms with van der Waals surface area (Å²) in [6.07, 6.45) is 1.30. The van der Waals surface area contributed by atoms with Gasteiger partial charge in [0.15, 0.2) is 0 Å². The normalized spacial score (nSPS) is 11.6. The summed E-state index contributed by atoms with van der Waals surface area (Å²) in [5.74, 6) is -0.528. The molecule has 24 heavy (non-hydrogen) atoms. The average molecular weight is 351 g/mol. The largest absolute Gasteiger partial charge is 0.398 e. The number of pyridine rings is 1. The van der Waals surface area contributed by atoms with Crippen molar-refractivity contribution in [1.82, 2.24) is 10.3 Å². The number of nitrogen functional groups attached to an aromatic ring is 2. The van der Waals surface area contributed by atoms with E-state index in [4.69, 9.17) is 28.5 Å². The summed E-state index contributed by atoms with van der Waals surface area (Å²) in [4.78, 5) is 16.0. The molecule has 0 aliphatic carbocycles. The van der Waals surface area contributed by atoms with Crippen LogP contribution in [0.4, 0.5) is 20.7 Å². The molecule has 0 bridgehead atoms. The van der Waals surface area contributed by atoms with Crippen LogP contribution in [0.25, 0.3) is 0 Å². The molecule has 0 saturated carbocycles. The SMILES string of the molecule is C[C@@H](NC(=O)Nc1cc(N)c(C(=N)N)cn1)c1ccc(F)c(Cl)c1. The van der Waals surface area contributed by atoms with E-state index in [0.717, 1.165) is 0 Å². The van der Waals surface area contributed by atoms with Crippen LogP contribution in [0.1, 0.15) is 24.1 Å². The van der Waals surface area contributed by atoms with Crippen molar-refractivity contribution in [2.24, 2.45) is 5.73 Å². The van der Waals surface area contributed by atoms with Crippen LogP contribution in [-0.4, -0.2) is 16.9 Å². The second kappa shape index (κ2) is 7.14. The second-order valence-electron chi connectivity index (χ2n) is 5.06. The minimum Gasteiger partial charge on any atom is -0.398 e. The molecule has 0 spiro atoms. The number of rotatable bonds is 4. The van der Waals surface area contributed by atoms with Crippen molar-refractivity contribution in [3.05, 3.63) is 52.4 Å². The Hall–Kier alpha value is -2.87. The van der Waals surface area contributed by atoms with Gasteiger partial charge < -0.3 is 16.8 Å². The number of halogens is 2. The summed E-state index contributed by atoms with van der Waals surface area (Å²) in [6, 6.07) is 4.68. The van der Waals surface area contributed by atoms with Crippen LogP contribution in [0.5, 0.6) is 0 Å². The zero-order valence-electron chi connectivity index (χ0n) is 12.7. The molecule has 7 N–H and O–H groups in total. The average Bonchev–Trinajstić information content (AvgIpc) is 2.49. The van der Waals surface area contributed by atoms with Gasteiger partial charge in [-0.15, -0.1) is 0 Å². The van der Waals surface area contributed by atoms with E-state index in [9.17, 15) is 9.18 Å². The predicted octanol–water partition coefficient (Wildman–Crippen LogP) is 2.62. The zero-order chi connectivity index (χ0) is 17.9. The van der Waals surface area contributed by atoms with Crippen LogP contribution in [-0.2, 0) is 0 Å². The van der Waals surface area contributed by atoms with Gasteiger partial charge in [0, 0.05) is 18.0 Å². The topological polar surface area (TPSA) is 130 Å². The van der Waals surface area contributed by atoms with Gasteiger partial charge in [0.1, 0.15) is 17.5 Å². The van der Waals surface area contributed by atoms with Crippen molar-refractivity contribution < 1.29 is 9.18 Å². The number of nitrogens with two attached hydrogens (primary N) is 2. The van der Waals surface area contributed by atoms with Crippen molar-refractivity contribution in [2.75, 3.05) is 11.1 Å². The van der Waals surface area contributed by atoms with Crippen LogP contribution in [0.15, 0.2) is 30.5 Å². The highest BCUT2D eigenvalue weighted by Gasteiger charge is 2.13. The molecule has 1 aromatic heterocycles. The molecule has 7 nitrogen and oxygen atoms in total. The van der Waals surface area contributed by atoms with Gasteiger partial charge in [0.25, 0.3) is 0 Å². The van der Waals surface area contributed by atoms with Crippen molar-refractivity contribution >= 4 is 35.0 Å². The lowest BCUT2D eigenvalue weighted by Crippen LogP contribution is -2.31. The molecule has 0 aliphatic rings. The molecule has 0 unspecified atom stereocenters. The number of amides is 2. The summed E-state index contributed by atoms with van der Waals surface area (Å²) in [5, 5.41) is 12.5. The molecule has 1 heterocycles. The quantitative estimate of drug-likeness (QED) is 0.428. The van der Waals surface area contributed by atoms with Gasteiger partial charge in [-0.05, 0) is 24.6 Å². The molecule has 0 aliphatic heterocycles. The zero-order valence-corrected chi connectivity index (χ0v) is 13.5. The standard InChI is InChI=1S/C15H16ClFN6O/c1-7(8-2-3-11(17)10(16)4-8)22-15(24)23-13-5-12(18)9(6-21-13)14(19)20/h2-7H,1H3,(H3,19,20)(H4,18,21,22,23,24)/t7-/m1/s1. The highest BCUT2D eigenvalue weighted by Crippen LogP contribution is 2.21. The first kappa shape index (κ1) is 17.5. The summed E-state index contributed by atoms with van der Waals surface area (Å²) in [5.41, 5.74) is 12.2. The van der Waals surface area contributed by atoms with E-state index < -0.39 is 17.9 Å². The number of anilines is 2. The number of carbonyl (C=O) groups is 1. The van der Waals surface area contributed by atoms with Crippen molar-refractivity contribution in [3.63, 3.8) is 0 Å². The molecule has 9 heteroatoms. The fourth-order valence-corrected chi connectivity index (χ4v) is 2.17. The lowest BCUT2D eigenvalue weighted by molar-refractivity contribution is 0.249. The van der Waals surface area contributed by atoms with E-state index in [0.29, 0.717) is 5.56 Å². The van der Waals surface area contributed by atoms with Crippen LogP contribution in [0.2, 0.25) is 5.02 Å². The van der Waals surface area contributed by atoms with Crippen molar-refractivity contribution in [1.29, 1.82) is 5.41 Å². The predicted molar refractivity (Wildman–Crippen MR) is 91.6 cm³/mol. The third-order valence-corrected chi connectivity index (χ3v) is 3.55. The number of aromatic nitrogens is 1. The molecule has 0 fully saturated rings. The Labute approximate surface area is 142 Å². The molecule has 0 saturated heterocycles. The highest BCUT2D eigenvalue weighted by atomic mass is 35.5. The van der Waals surface area contributed by atoms with Gasteiger partial charge in [-0.25, -0.2) is 14.2 Å². The number of hydrogen-bond acceptors (Lipinski definition) is 4. The number of amidine groups is 1. The summed E-state index contributed by atoms with van der Waals surface area (Å²) >= 11 is 5.73. The maximum absolute atomic E-state index is 13.2. The van der Waals surface area contributed by atoms with Crippen LogP contribution in [0.3, 0.4) is 0 Å². The van der Waals surface area contributed by atoms with E-state index in [1.165, 1.54) is 30.5 Å². The smallest absolute Gasteiger partial charge is 0.320 e. The van der Waals surface area contributed by atoms with Gasteiger partial charge in [0.2, 0.25) is 0 Å². The minimum absolute atomic E-state index is 0.0178. The van der Waals surface area contributed by atoms with Crippen LogP contribution in [0, 0.1) is 11.2 Å². The fourth-order valence-electron chi connectivity index (χ4n) is 1.98. The maximum atomic E-state index is 13.2. The molecular weight excluding hydrogens is 335 g/mol. The Morgan fingerprint density at radius 3 is 2.71 bits per heavy atom. The third kappa shape index (κ3) is 4.11. The molecule has 126 valence electrons. The number of urea groups is 1. The Balaban J connectivity index is 2.03. The van der Waals surface area contributed by atoms with Gasteiger partial charge in [-0.3, -0.25) is 10.7 Å². The second-order valence-corrected chi connectivity index (χ2v) is 5.47. The van der Waals surface area contributed by atoms with E-state index in [2.05, 4.69) is 15.6 Å². The molecule has 1 atom stereocenters. The highest BCUT2D eigenvalue weighted by molar-refractivity contribution is 6.30. The van der Waals surface area contributed by atoms with E-state index in [1.807, 2.05) is 0 Å². The molecule has 2 aromatic rings. The molecule has 0 radical (unpaired) electrons. The van der Waals surface area contributed by atoms with Crippen molar-refractivity contribution in [3.8, 4) is 0 Å². The lowest BCUT2D eigenvalue weighted by Gasteiger charge is -2.15. The summed E-state index contributed by atoms with van der Waals surface area (Å²) in [7, 11) is 0. The summed E-state index contributed by atoms with van der Waals surface area (Å²) < 4.78 is 13.2. The third-order valence-electron chi connectivity index (χ3n) is 3.26. The van der Waals surface area contributed by atoms with Crippen LogP contribution >= 0.6 is 11.6 Å². The minimum atomic E-state index is -0.526. The Morgan fingerprint density at radius 1 is 1.42 bits per heavy atom. The number of nitrogens with zero attached hydrogens (tertiary/aromatic N) is 1. The molecule has 2 rings (SSSR count). The summed E-state index contributed by atoms with van der Waals surface area (Å²) in [6.45, 7) is 1.73. The van der Waals surface area contributed by atoms with Gasteiger partial charge >= 0.3 is 6.03 Å². The number of benzene rings is 1. The van der Waals surface area contributed by atoms with E-state index >= 15 is 0 Å². The van der Waals surface area contributed by atoms with E-state index in [-0.39, 0.29) is 27.9 Å². The molecular formula is C15H16ClFN6O. The first-order valence-corrected chi connectivity index (χ1v) is 7.28.